The van der Waals surface area contributed by atoms with Crippen molar-refractivity contribution < 1.29 is 14.3 Å². The van der Waals surface area contributed by atoms with E-state index in [1.54, 1.807) is 0 Å². The average Bonchev–Trinajstić information content (AvgIpc) is 3.11. The Morgan fingerprint density at radius 3 is 2.92 bits per heavy atom. The van der Waals surface area contributed by atoms with Crippen LogP contribution < -0.4 is 10.6 Å². The minimum Gasteiger partial charge on any atom is -0.460 e. The highest BCUT2D eigenvalue weighted by atomic mass is 79.9. The Morgan fingerprint density at radius 1 is 1.38 bits per heavy atom. The van der Waals surface area contributed by atoms with Crippen LogP contribution in [0.5, 0.6) is 0 Å². The Balaban J connectivity index is 1.43. The molecule has 3 N–H and O–H groups in total. The molecular weight excluding hydrogens is 422 g/mol. The Labute approximate surface area is 164 Å². The number of amides is 1. The third-order valence-corrected chi connectivity index (χ3v) is 6.19. The number of carbonyl (C=O) groups excluding carboxylic acids is 2. The topological polar surface area (TPSA) is 83.2 Å². The molecule has 1 aromatic carbocycles. The molecule has 26 heavy (non-hydrogen) atoms. The van der Waals surface area contributed by atoms with Crippen molar-refractivity contribution in [1.29, 1.82) is 0 Å². The van der Waals surface area contributed by atoms with E-state index in [-0.39, 0.29) is 29.9 Å². The van der Waals surface area contributed by atoms with Crippen LogP contribution in [0.2, 0.25) is 5.02 Å². The third-order valence-electron chi connectivity index (χ3n) is 5.30. The van der Waals surface area contributed by atoms with Crippen molar-refractivity contribution in [2.45, 2.75) is 25.4 Å². The number of fused-ring (bicyclic) bond motifs is 1. The first-order valence-electron chi connectivity index (χ1n) is 8.65. The zero-order chi connectivity index (χ0) is 18.3. The van der Waals surface area contributed by atoms with Gasteiger partial charge in [0, 0.05) is 21.8 Å². The zero-order valence-corrected chi connectivity index (χ0v) is 16.4. The van der Waals surface area contributed by atoms with Crippen molar-refractivity contribution in [1.82, 2.24) is 15.6 Å². The van der Waals surface area contributed by atoms with Crippen LogP contribution in [0.25, 0.3) is 10.9 Å². The van der Waals surface area contributed by atoms with E-state index in [1.807, 2.05) is 18.2 Å². The number of H-pyrrole nitrogens is 1. The first-order chi connectivity index (χ1) is 12.5. The molecule has 2 fully saturated rings. The number of cyclic esters (lactones) is 1. The van der Waals surface area contributed by atoms with E-state index in [9.17, 15) is 9.59 Å². The van der Waals surface area contributed by atoms with Gasteiger partial charge in [-0.2, -0.15) is 0 Å². The lowest BCUT2D eigenvalue weighted by Gasteiger charge is -2.29. The highest BCUT2D eigenvalue weighted by Gasteiger charge is 2.49. The summed E-state index contributed by atoms with van der Waals surface area (Å²) in [4.78, 5) is 27.9. The number of halogens is 2. The van der Waals surface area contributed by atoms with E-state index in [0.29, 0.717) is 17.1 Å². The second-order valence-corrected chi connectivity index (χ2v) is 8.27. The van der Waals surface area contributed by atoms with Gasteiger partial charge >= 0.3 is 5.97 Å². The van der Waals surface area contributed by atoms with Crippen LogP contribution in [-0.2, 0) is 9.53 Å². The Kier molecular flexibility index (Phi) is 4.71. The monoisotopic (exact) mass is 439 g/mol. The molecule has 8 heteroatoms. The van der Waals surface area contributed by atoms with E-state index in [0.717, 1.165) is 41.3 Å². The summed E-state index contributed by atoms with van der Waals surface area (Å²) in [5.41, 5.74) is 0.732. The van der Waals surface area contributed by atoms with E-state index >= 15 is 0 Å². The van der Waals surface area contributed by atoms with E-state index in [2.05, 4.69) is 31.5 Å². The number of carbonyl (C=O) groups is 2. The van der Waals surface area contributed by atoms with Crippen molar-refractivity contribution in [3.05, 3.63) is 33.4 Å². The zero-order valence-electron chi connectivity index (χ0n) is 14.0. The van der Waals surface area contributed by atoms with Gasteiger partial charge < -0.3 is 20.4 Å². The number of aromatic amines is 1. The molecule has 2 aliphatic rings. The molecule has 4 rings (SSSR count). The molecule has 2 aromatic rings. The van der Waals surface area contributed by atoms with Crippen LogP contribution in [0.4, 0.5) is 0 Å². The number of hydrogen-bond donors (Lipinski definition) is 3. The van der Waals surface area contributed by atoms with Gasteiger partial charge in [0.25, 0.3) is 5.91 Å². The summed E-state index contributed by atoms with van der Waals surface area (Å²) in [5, 5.41) is 7.28. The summed E-state index contributed by atoms with van der Waals surface area (Å²) in [6.45, 7) is 1.94. The van der Waals surface area contributed by atoms with Gasteiger partial charge in [0.15, 0.2) is 0 Å². The quantitative estimate of drug-likeness (QED) is 0.641. The molecule has 2 aliphatic heterocycles. The number of esters is 1. The maximum absolute atomic E-state index is 12.5. The minimum absolute atomic E-state index is 0.133. The van der Waals surface area contributed by atoms with Crippen LogP contribution in [0.15, 0.2) is 22.7 Å². The SMILES string of the molecule is O=C(NCC1CC2(CCNCC2)C(=O)O1)c1[nH]c2ccc(Br)cc2c1Cl. The number of nitrogens with one attached hydrogen (secondary N) is 3. The Morgan fingerprint density at radius 2 is 2.15 bits per heavy atom. The highest BCUT2D eigenvalue weighted by molar-refractivity contribution is 9.10. The fraction of sp³-hybridized carbons (Fsp3) is 0.444. The van der Waals surface area contributed by atoms with Crippen LogP contribution in [0, 0.1) is 5.41 Å². The van der Waals surface area contributed by atoms with Crippen molar-refractivity contribution >= 4 is 50.3 Å². The molecule has 0 bridgehead atoms. The molecule has 2 saturated heterocycles. The smallest absolute Gasteiger partial charge is 0.312 e. The summed E-state index contributed by atoms with van der Waals surface area (Å²) < 4.78 is 6.41. The predicted molar refractivity (Wildman–Crippen MR) is 102 cm³/mol. The highest BCUT2D eigenvalue weighted by Crippen LogP contribution is 2.41. The average molecular weight is 441 g/mol. The molecule has 1 aromatic heterocycles. The predicted octanol–water partition coefficient (Wildman–Crippen LogP) is 3.00. The molecule has 0 aliphatic carbocycles. The number of piperidine rings is 1. The normalized spacial score (nSPS) is 21.9. The largest absolute Gasteiger partial charge is 0.460 e. The van der Waals surface area contributed by atoms with Crippen LogP contribution >= 0.6 is 27.5 Å². The molecular formula is C18H19BrClN3O3. The maximum atomic E-state index is 12.5. The second-order valence-electron chi connectivity index (χ2n) is 6.98. The lowest BCUT2D eigenvalue weighted by molar-refractivity contribution is -0.149. The lowest BCUT2D eigenvalue weighted by Crippen LogP contribution is -2.39. The summed E-state index contributed by atoms with van der Waals surface area (Å²) in [6.07, 6.45) is 1.95. The summed E-state index contributed by atoms with van der Waals surface area (Å²) in [5.74, 6) is -0.434. The molecule has 0 saturated carbocycles. The van der Waals surface area contributed by atoms with Gasteiger partial charge in [-0.05, 0) is 44.1 Å². The van der Waals surface area contributed by atoms with E-state index in [1.165, 1.54) is 0 Å². The van der Waals surface area contributed by atoms with Gasteiger partial charge in [-0.3, -0.25) is 9.59 Å². The van der Waals surface area contributed by atoms with E-state index < -0.39 is 0 Å². The van der Waals surface area contributed by atoms with Crippen molar-refractivity contribution in [2.24, 2.45) is 5.41 Å². The molecule has 3 heterocycles. The second kappa shape index (κ2) is 6.87. The molecule has 6 nitrogen and oxygen atoms in total. The van der Waals surface area contributed by atoms with Gasteiger partial charge in [-0.25, -0.2) is 0 Å². The molecule has 0 radical (unpaired) electrons. The summed E-state index contributed by atoms with van der Waals surface area (Å²) in [6, 6.07) is 5.61. The Bertz CT molecular complexity index is 876. The molecule has 138 valence electrons. The molecule has 1 amide bonds. The van der Waals surface area contributed by atoms with Gasteiger partial charge in [0.2, 0.25) is 0 Å². The Hall–Kier alpha value is -1.57. The fourth-order valence-corrected chi connectivity index (χ4v) is 4.50. The number of ether oxygens (including phenoxy) is 1. The summed E-state index contributed by atoms with van der Waals surface area (Å²) in [7, 11) is 0. The standard InChI is InChI=1S/C18H19BrClN3O3/c19-10-1-2-13-12(7-10)14(20)15(23-13)16(24)22-9-11-8-18(17(25)26-11)3-5-21-6-4-18/h1-2,7,11,21,23H,3-6,8-9H2,(H,22,24). The molecule has 1 unspecified atom stereocenters. The van der Waals surface area contributed by atoms with Gasteiger partial charge in [0.05, 0.1) is 17.0 Å². The van der Waals surface area contributed by atoms with E-state index in [4.69, 9.17) is 16.3 Å². The lowest BCUT2D eigenvalue weighted by atomic mass is 9.76. The van der Waals surface area contributed by atoms with Crippen LogP contribution in [-0.4, -0.2) is 42.6 Å². The fourth-order valence-electron chi connectivity index (χ4n) is 3.85. The molecule has 1 spiro atoms. The van der Waals surface area contributed by atoms with Crippen LogP contribution in [0.1, 0.15) is 29.8 Å². The van der Waals surface area contributed by atoms with Crippen molar-refractivity contribution in [3.63, 3.8) is 0 Å². The first kappa shape index (κ1) is 17.8. The van der Waals surface area contributed by atoms with Crippen molar-refractivity contribution in [2.75, 3.05) is 19.6 Å². The minimum atomic E-state index is -0.383. The summed E-state index contributed by atoms with van der Waals surface area (Å²) >= 11 is 9.76. The van der Waals surface area contributed by atoms with Crippen molar-refractivity contribution in [3.8, 4) is 0 Å². The molecule has 1 atom stereocenters. The third kappa shape index (κ3) is 3.12. The maximum Gasteiger partial charge on any atom is 0.312 e. The number of aromatic nitrogens is 1. The number of benzene rings is 1. The van der Waals surface area contributed by atoms with Gasteiger partial charge in [0.1, 0.15) is 11.8 Å². The first-order valence-corrected chi connectivity index (χ1v) is 9.82. The van der Waals surface area contributed by atoms with Crippen LogP contribution in [0.3, 0.4) is 0 Å². The number of rotatable bonds is 3. The number of hydrogen-bond acceptors (Lipinski definition) is 4. The van der Waals surface area contributed by atoms with Gasteiger partial charge in [-0.15, -0.1) is 0 Å². The van der Waals surface area contributed by atoms with Gasteiger partial charge in [-0.1, -0.05) is 27.5 Å².